The molecule has 126 valence electrons. The van der Waals surface area contributed by atoms with E-state index in [1.165, 1.54) is 4.90 Å². The molecule has 23 heavy (non-hydrogen) atoms. The van der Waals surface area contributed by atoms with Gasteiger partial charge in [-0.25, -0.2) is 0 Å². The van der Waals surface area contributed by atoms with Gasteiger partial charge in [-0.05, 0) is 31.0 Å². The van der Waals surface area contributed by atoms with Gasteiger partial charge in [-0.15, -0.1) is 12.4 Å². The molecule has 1 atom stereocenters. The lowest BCUT2D eigenvalue weighted by Gasteiger charge is -2.13. The molecule has 0 bridgehead atoms. The van der Waals surface area contributed by atoms with Gasteiger partial charge >= 0.3 is 0 Å². The summed E-state index contributed by atoms with van der Waals surface area (Å²) in [5.74, 6) is -0.0263. The normalized spacial score (nSPS) is 15.3. The number of carbonyl (C=O) groups excluding carboxylic acids is 3. The molecule has 0 aliphatic carbocycles. The van der Waals surface area contributed by atoms with E-state index in [4.69, 9.17) is 5.73 Å². The van der Waals surface area contributed by atoms with E-state index >= 15 is 0 Å². The number of hydrogen-bond donors (Lipinski definition) is 2. The van der Waals surface area contributed by atoms with Crippen LogP contribution in [0.25, 0.3) is 0 Å². The maximum Gasteiger partial charge on any atom is 0.289 e. The molecule has 1 aromatic rings. The van der Waals surface area contributed by atoms with Crippen molar-refractivity contribution in [2.75, 3.05) is 11.1 Å². The molecule has 1 aliphatic heterocycles. The number of nitrogens with one attached hydrogen (secondary N) is 1. The van der Waals surface area contributed by atoms with Crippen LogP contribution in [-0.2, 0) is 16.1 Å². The molecule has 6 nitrogen and oxygen atoms in total. The molecular weight excluding hydrogens is 338 g/mol. The predicted molar refractivity (Wildman–Crippen MR) is 93.6 cm³/mol. The number of amides is 3. The van der Waals surface area contributed by atoms with Crippen LogP contribution in [0.3, 0.4) is 0 Å². The van der Waals surface area contributed by atoms with Crippen LogP contribution >= 0.6 is 24.2 Å². The molecular formula is C15H20ClN3O3S. The van der Waals surface area contributed by atoms with E-state index in [0.717, 1.165) is 17.3 Å². The fourth-order valence-corrected chi connectivity index (χ4v) is 2.72. The molecule has 0 spiro atoms. The highest BCUT2D eigenvalue weighted by atomic mass is 35.5. The van der Waals surface area contributed by atoms with Gasteiger partial charge in [-0.1, -0.05) is 23.9 Å². The first-order chi connectivity index (χ1) is 10.5. The summed E-state index contributed by atoms with van der Waals surface area (Å²) in [5.41, 5.74) is 7.14. The molecule has 0 aromatic heterocycles. The maximum absolute atomic E-state index is 11.7. The van der Waals surface area contributed by atoms with Gasteiger partial charge in [-0.2, -0.15) is 0 Å². The Morgan fingerprint density at radius 1 is 1.35 bits per heavy atom. The lowest BCUT2D eigenvalue weighted by molar-refractivity contribution is -0.125. The Morgan fingerprint density at radius 2 is 2.00 bits per heavy atom. The molecule has 1 unspecified atom stereocenters. The Balaban J connectivity index is 0.00000264. The minimum atomic E-state index is -0.210. The van der Waals surface area contributed by atoms with Gasteiger partial charge in [0.05, 0.1) is 12.3 Å². The fraction of sp³-hybridized carbons (Fsp3) is 0.400. The first-order valence-electron chi connectivity index (χ1n) is 7.07. The van der Waals surface area contributed by atoms with Crippen molar-refractivity contribution in [2.24, 2.45) is 5.73 Å². The fourth-order valence-electron chi connectivity index (χ4n) is 1.99. The molecule has 1 aliphatic rings. The predicted octanol–water partition coefficient (Wildman–Crippen LogP) is 2.37. The molecule has 1 saturated heterocycles. The van der Waals surface area contributed by atoms with Gasteiger partial charge in [0, 0.05) is 18.2 Å². The van der Waals surface area contributed by atoms with E-state index in [9.17, 15) is 14.4 Å². The first-order valence-corrected chi connectivity index (χ1v) is 8.06. The number of rotatable bonds is 6. The summed E-state index contributed by atoms with van der Waals surface area (Å²) < 4.78 is 0. The highest BCUT2D eigenvalue weighted by Crippen LogP contribution is 2.21. The average molecular weight is 358 g/mol. The standard InChI is InChI=1S/C15H19N3O3S.ClH/c1-10(16)2-7-13(19)17-12-5-3-11(4-6-12)8-18-14(20)9-22-15(18)21;/h3-6,10H,2,7-9,16H2,1H3,(H,17,19);1H. The summed E-state index contributed by atoms with van der Waals surface area (Å²) in [7, 11) is 0. The second-order valence-electron chi connectivity index (χ2n) is 5.30. The molecule has 0 saturated carbocycles. The van der Waals surface area contributed by atoms with E-state index in [1.54, 1.807) is 24.3 Å². The van der Waals surface area contributed by atoms with Crippen molar-refractivity contribution in [3.63, 3.8) is 0 Å². The summed E-state index contributed by atoms with van der Waals surface area (Å²) in [6.07, 6.45) is 1.02. The van der Waals surface area contributed by atoms with Gasteiger partial charge in [0.1, 0.15) is 0 Å². The summed E-state index contributed by atoms with van der Waals surface area (Å²) in [5, 5.41) is 2.58. The number of benzene rings is 1. The Kier molecular flexibility index (Phi) is 7.54. The van der Waals surface area contributed by atoms with Crippen LogP contribution in [0.1, 0.15) is 25.3 Å². The number of halogens is 1. The highest BCUT2D eigenvalue weighted by molar-refractivity contribution is 8.14. The second kappa shape index (κ2) is 8.90. The molecule has 3 amide bonds. The molecule has 2 rings (SSSR count). The molecule has 8 heteroatoms. The summed E-state index contributed by atoms with van der Waals surface area (Å²) in [6.45, 7) is 2.13. The molecule has 3 N–H and O–H groups in total. The highest BCUT2D eigenvalue weighted by Gasteiger charge is 2.29. The van der Waals surface area contributed by atoms with Crippen molar-refractivity contribution in [1.29, 1.82) is 0 Å². The summed E-state index contributed by atoms with van der Waals surface area (Å²) in [6, 6.07) is 7.12. The van der Waals surface area contributed by atoms with E-state index in [-0.39, 0.29) is 47.8 Å². The SMILES string of the molecule is CC(N)CCC(=O)Nc1ccc(CN2C(=O)CSC2=O)cc1.Cl. The van der Waals surface area contributed by atoms with Crippen molar-refractivity contribution < 1.29 is 14.4 Å². The Bertz CT molecular complexity index is 562. The van der Waals surface area contributed by atoms with Gasteiger partial charge < -0.3 is 11.1 Å². The molecule has 1 fully saturated rings. The lowest BCUT2D eigenvalue weighted by atomic mass is 10.1. The summed E-state index contributed by atoms with van der Waals surface area (Å²) in [4.78, 5) is 36.0. The van der Waals surface area contributed by atoms with Gasteiger partial charge in [0.15, 0.2) is 0 Å². The molecule has 1 aromatic carbocycles. The van der Waals surface area contributed by atoms with E-state index in [1.807, 2.05) is 6.92 Å². The zero-order valence-electron chi connectivity index (χ0n) is 12.8. The van der Waals surface area contributed by atoms with Crippen molar-refractivity contribution in [2.45, 2.75) is 32.4 Å². The van der Waals surface area contributed by atoms with E-state index < -0.39 is 0 Å². The number of nitrogens with two attached hydrogens (primary N) is 1. The van der Waals surface area contributed by atoms with E-state index in [2.05, 4.69) is 5.32 Å². The maximum atomic E-state index is 11.7. The van der Waals surface area contributed by atoms with E-state index in [0.29, 0.717) is 18.5 Å². The Hall–Kier alpha value is -1.57. The minimum absolute atomic E-state index is 0. The molecule has 1 heterocycles. The quantitative estimate of drug-likeness (QED) is 0.815. The van der Waals surface area contributed by atoms with Crippen LogP contribution in [-0.4, -0.2) is 33.7 Å². The van der Waals surface area contributed by atoms with Crippen molar-refractivity contribution in [3.05, 3.63) is 29.8 Å². The monoisotopic (exact) mass is 357 g/mol. The zero-order chi connectivity index (χ0) is 16.1. The van der Waals surface area contributed by atoms with Crippen molar-refractivity contribution in [3.8, 4) is 0 Å². The number of nitrogens with zero attached hydrogens (tertiary/aromatic N) is 1. The third-order valence-corrected chi connectivity index (χ3v) is 4.10. The van der Waals surface area contributed by atoms with Crippen molar-refractivity contribution >= 4 is 46.9 Å². The third-order valence-electron chi connectivity index (χ3n) is 3.25. The number of hydrogen-bond acceptors (Lipinski definition) is 5. The molecule has 0 radical (unpaired) electrons. The van der Waals surface area contributed by atoms with Gasteiger partial charge in [0.2, 0.25) is 11.8 Å². The van der Waals surface area contributed by atoms with Gasteiger partial charge in [-0.3, -0.25) is 19.3 Å². The Labute approximate surface area is 145 Å². The van der Waals surface area contributed by atoms with Crippen LogP contribution in [0, 0.1) is 0 Å². The topological polar surface area (TPSA) is 92.5 Å². The van der Waals surface area contributed by atoms with Gasteiger partial charge in [0.25, 0.3) is 5.24 Å². The second-order valence-corrected chi connectivity index (χ2v) is 6.22. The number of thioether (sulfide) groups is 1. The third kappa shape index (κ3) is 5.85. The number of carbonyl (C=O) groups is 3. The smallest absolute Gasteiger partial charge is 0.289 e. The van der Waals surface area contributed by atoms with Crippen LogP contribution in [0.5, 0.6) is 0 Å². The summed E-state index contributed by atoms with van der Waals surface area (Å²) >= 11 is 1.02. The zero-order valence-corrected chi connectivity index (χ0v) is 14.4. The first kappa shape index (κ1) is 19.5. The number of anilines is 1. The van der Waals surface area contributed by atoms with Crippen LogP contribution in [0.2, 0.25) is 0 Å². The van der Waals surface area contributed by atoms with Crippen LogP contribution in [0.4, 0.5) is 10.5 Å². The largest absolute Gasteiger partial charge is 0.328 e. The lowest BCUT2D eigenvalue weighted by Crippen LogP contribution is -2.27. The Morgan fingerprint density at radius 3 is 2.52 bits per heavy atom. The number of imide groups is 1. The van der Waals surface area contributed by atoms with Crippen LogP contribution in [0.15, 0.2) is 24.3 Å². The van der Waals surface area contributed by atoms with Crippen molar-refractivity contribution in [1.82, 2.24) is 4.90 Å². The minimum Gasteiger partial charge on any atom is -0.328 e. The van der Waals surface area contributed by atoms with Crippen LogP contribution < -0.4 is 11.1 Å². The average Bonchev–Trinajstić information content (AvgIpc) is 2.79.